The molecule has 0 radical (unpaired) electrons. The Morgan fingerprint density at radius 2 is 1.89 bits per heavy atom. The number of pyridine rings is 1. The van der Waals surface area contributed by atoms with Gasteiger partial charge in [-0.3, -0.25) is 14.0 Å². The van der Waals surface area contributed by atoms with Gasteiger partial charge in [-0.1, -0.05) is 30.3 Å². The van der Waals surface area contributed by atoms with E-state index < -0.39 is 29.8 Å². The number of benzene rings is 2. The van der Waals surface area contributed by atoms with Crippen molar-refractivity contribution in [3.63, 3.8) is 0 Å². The van der Waals surface area contributed by atoms with Crippen LogP contribution in [0.3, 0.4) is 0 Å². The fourth-order valence-corrected chi connectivity index (χ4v) is 3.72. The minimum Gasteiger partial charge on any atom is -0.386 e. The third kappa shape index (κ3) is 5.37. The first-order valence-electron chi connectivity index (χ1n) is 10.9. The van der Waals surface area contributed by atoms with E-state index in [-0.39, 0.29) is 23.6 Å². The maximum atomic E-state index is 14.5. The van der Waals surface area contributed by atoms with Crippen molar-refractivity contribution in [2.75, 3.05) is 19.0 Å². The summed E-state index contributed by atoms with van der Waals surface area (Å²) >= 11 is 0. The number of imidazole rings is 1. The molecule has 2 atom stereocenters. The summed E-state index contributed by atoms with van der Waals surface area (Å²) in [5.41, 5.74) is 2.37. The number of aliphatic hydroxyl groups is 1. The molecule has 2 unspecified atom stereocenters. The third-order valence-electron chi connectivity index (χ3n) is 5.56. The molecule has 0 aliphatic rings. The Hall–Kier alpha value is -4.08. The van der Waals surface area contributed by atoms with Crippen LogP contribution in [0.25, 0.3) is 5.65 Å². The lowest BCUT2D eigenvalue weighted by Gasteiger charge is -2.24. The molecule has 2 aromatic heterocycles. The molecule has 2 amide bonds. The van der Waals surface area contributed by atoms with Gasteiger partial charge in [-0.05, 0) is 48.4 Å². The molecule has 2 heterocycles. The number of nitrogens with zero attached hydrogens (tertiary/aromatic N) is 2. The zero-order valence-corrected chi connectivity index (χ0v) is 19.2. The number of amides is 2. The molecule has 3 N–H and O–H groups in total. The Labute approximate surface area is 201 Å². The summed E-state index contributed by atoms with van der Waals surface area (Å²) in [6, 6.07) is 15.4. The van der Waals surface area contributed by atoms with E-state index in [2.05, 4.69) is 15.6 Å². The van der Waals surface area contributed by atoms with Crippen LogP contribution in [-0.4, -0.2) is 46.1 Å². The number of hydrogen-bond donors (Lipinski definition) is 3. The van der Waals surface area contributed by atoms with Crippen molar-refractivity contribution in [3.05, 3.63) is 101 Å². The van der Waals surface area contributed by atoms with Crippen molar-refractivity contribution in [1.29, 1.82) is 0 Å². The second-order valence-electron chi connectivity index (χ2n) is 8.12. The highest BCUT2D eigenvalue weighted by atomic mass is 19.1. The first-order chi connectivity index (χ1) is 16.9. The summed E-state index contributed by atoms with van der Waals surface area (Å²) in [6.07, 6.45) is 2.10. The van der Waals surface area contributed by atoms with E-state index in [1.54, 1.807) is 34.9 Å². The van der Waals surface area contributed by atoms with Crippen LogP contribution in [0, 0.1) is 12.7 Å². The van der Waals surface area contributed by atoms with Gasteiger partial charge >= 0.3 is 0 Å². The van der Waals surface area contributed by atoms with Crippen LogP contribution in [0.5, 0.6) is 0 Å². The van der Waals surface area contributed by atoms with E-state index >= 15 is 0 Å². The number of rotatable bonds is 8. The van der Waals surface area contributed by atoms with Crippen molar-refractivity contribution in [1.82, 2.24) is 14.7 Å². The molecule has 0 saturated carbocycles. The molecule has 180 valence electrons. The topological polar surface area (TPSA) is 105 Å². The van der Waals surface area contributed by atoms with Gasteiger partial charge in [0.25, 0.3) is 11.8 Å². The van der Waals surface area contributed by atoms with E-state index in [9.17, 15) is 19.1 Å². The van der Waals surface area contributed by atoms with Gasteiger partial charge in [0.1, 0.15) is 23.3 Å². The van der Waals surface area contributed by atoms with Gasteiger partial charge in [0.15, 0.2) is 0 Å². The van der Waals surface area contributed by atoms with Crippen molar-refractivity contribution in [3.8, 4) is 0 Å². The zero-order valence-electron chi connectivity index (χ0n) is 19.2. The maximum absolute atomic E-state index is 14.5. The summed E-state index contributed by atoms with van der Waals surface area (Å²) in [6.45, 7) is 1.97. The van der Waals surface area contributed by atoms with Crippen LogP contribution >= 0.6 is 0 Å². The van der Waals surface area contributed by atoms with E-state index in [0.29, 0.717) is 11.2 Å². The number of ether oxygens (including phenoxy) is 1. The van der Waals surface area contributed by atoms with Gasteiger partial charge in [0.05, 0.1) is 24.5 Å². The van der Waals surface area contributed by atoms with E-state index in [0.717, 1.165) is 11.6 Å². The Balaban J connectivity index is 1.52. The summed E-state index contributed by atoms with van der Waals surface area (Å²) < 4.78 is 21.3. The SMILES string of the molecule is COCC(NC(=O)c1ccc(F)c(NC(=O)c2cnc3cc(C)ccn23)c1)C(O)c1ccccc1. The lowest BCUT2D eigenvalue weighted by atomic mass is 10.0. The predicted molar refractivity (Wildman–Crippen MR) is 129 cm³/mol. The number of aliphatic hydroxyl groups excluding tert-OH is 1. The minimum atomic E-state index is -1.02. The van der Waals surface area contributed by atoms with Gasteiger partial charge < -0.3 is 20.5 Å². The first-order valence-corrected chi connectivity index (χ1v) is 10.9. The highest BCUT2D eigenvalue weighted by molar-refractivity contribution is 6.04. The first kappa shape index (κ1) is 24.1. The molecule has 0 fully saturated rings. The smallest absolute Gasteiger partial charge is 0.274 e. The average molecular weight is 477 g/mol. The molecule has 0 aliphatic heterocycles. The summed E-state index contributed by atoms with van der Waals surface area (Å²) in [7, 11) is 1.46. The van der Waals surface area contributed by atoms with Crippen molar-refractivity contribution in [2.45, 2.75) is 19.1 Å². The lowest BCUT2D eigenvalue weighted by Crippen LogP contribution is -2.42. The van der Waals surface area contributed by atoms with Gasteiger partial charge in [-0.15, -0.1) is 0 Å². The lowest BCUT2D eigenvalue weighted by molar-refractivity contribution is 0.0594. The Bertz CT molecular complexity index is 1360. The number of nitrogens with one attached hydrogen (secondary N) is 2. The molecule has 8 nitrogen and oxygen atoms in total. The number of methoxy groups -OCH3 is 1. The summed E-state index contributed by atoms with van der Waals surface area (Å²) in [4.78, 5) is 30.0. The highest BCUT2D eigenvalue weighted by Gasteiger charge is 2.24. The second-order valence-corrected chi connectivity index (χ2v) is 8.12. The predicted octanol–water partition coefficient (Wildman–Crippen LogP) is 3.51. The Morgan fingerprint density at radius 3 is 2.63 bits per heavy atom. The average Bonchev–Trinajstić information content (AvgIpc) is 3.28. The zero-order chi connectivity index (χ0) is 24.9. The summed E-state index contributed by atoms with van der Waals surface area (Å²) in [5.74, 6) is -1.82. The van der Waals surface area contributed by atoms with E-state index in [4.69, 9.17) is 4.74 Å². The van der Waals surface area contributed by atoms with E-state index in [1.807, 2.05) is 25.1 Å². The molecular formula is C26H25FN4O4. The van der Waals surface area contributed by atoms with Crippen LogP contribution in [0.2, 0.25) is 0 Å². The van der Waals surface area contributed by atoms with Crippen LogP contribution in [-0.2, 0) is 4.74 Å². The molecule has 9 heteroatoms. The fourth-order valence-electron chi connectivity index (χ4n) is 3.72. The van der Waals surface area contributed by atoms with Crippen LogP contribution < -0.4 is 10.6 Å². The molecule has 2 aromatic carbocycles. The minimum absolute atomic E-state index is 0.0559. The number of halogens is 1. The maximum Gasteiger partial charge on any atom is 0.274 e. The van der Waals surface area contributed by atoms with Gasteiger partial charge in [0, 0.05) is 18.9 Å². The van der Waals surface area contributed by atoms with Gasteiger partial charge in [0.2, 0.25) is 0 Å². The molecule has 0 bridgehead atoms. The number of fused-ring (bicyclic) bond motifs is 1. The second kappa shape index (κ2) is 10.5. The standard InChI is InChI=1S/C26H25FN4O4/c1-16-10-11-31-22(14-28-23(31)12-16)26(34)29-20-13-18(8-9-19(20)27)25(33)30-21(15-35-2)24(32)17-6-4-3-5-7-17/h3-14,21,24,32H,15H2,1-2H3,(H,29,34)(H,30,33). The monoisotopic (exact) mass is 476 g/mol. The number of carbonyl (C=O) groups excluding carboxylic acids is 2. The number of anilines is 1. The highest BCUT2D eigenvalue weighted by Crippen LogP contribution is 2.20. The molecule has 0 aliphatic carbocycles. The normalized spacial score (nSPS) is 12.8. The molecular weight excluding hydrogens is 451 g/mol. The fraction of sp³-hybridized carbons (Fsp3) is 0.192. The van der Waals surface area contributed by atoms with Crippen molar-refractivity contribution in [2.24, 2.45) is 0 Å². The largest absolute Gasteiger partial charge is 0.386 e. The number of carbonyl (C=O) groups is 2. The van der Waals surface area contributed by atoms with Crippen molar-refractivity contribution < 1.29 is 23.8 Å². The molecule has 0 spiro atoms. The van der Waals surface area contributed by atoms with Crippen molar-refractivity contribution >= 4 is 23.1 Å². The van der Waals surface area contributed by atoms with Gasteiger partial charge in [-0.2, -0.15) is 0 Å². The Morgan fingerprint density at radius 1 is 1.11 bits per heavy atom. The Kier molecular flexibility index (Phi) is 7.19. The van der Waals surface area contributed by atoms with Crippen LogP contribution in [0.1, 0.15) is 38.1 Å². The number of aryl methyl sites for hydroxylation is 1. The number of hydrogen-bond acceptors (Lipinski definition) is 5. The molecule has 35 heavy (non-hydrogen) atoms. The quantitative estimate of drug-likeness (QED) is 0.361. The molecule has 4 aromatic rings. The van der Waals surface area contributed by atoms with Gasteiger partial charge in [-0.25, -0.2) is 9.37 Å². The van der Waals surface area contributed by atoms with E-state index in [1.165, 1.54) is 25.4 Å². The van der Waals surface area contributed by atoms with Crippen LogP contribution in [0.4, 0.5) is 10.1 Å². The molecule has 0 saturated heterocycles. The third-order valence-corrected chi connectivity index (χ3v) is 5.56. The van der Waals surface area contributed by atoms with Crippen LogP contribution in [0.15, 0.2) is 73.1 Å². The summed E-state index contributed by atoms with van der Waals surface area (Å²) in [5, 5.41) is 16.0. The molecule has 4 rings (SSSR count). The number of aromatic nitrogens is 2.